The maximum atomic E-state index is 13.9. The second-order valence-corrected chi connectivity index (χ2v) is 9.54. The van der Waals surface area contributed by atoms with E-state index >= 15 is 0 Å². The minimum absolute atomic E-state index is 0.124. The number of nitrogens with zero attached hydrogens (tertiary/aromatic N) is 2. The van der Waals surface area contributed by atoms with Gasteiger partial charge in [0.05, 0.1) is 30.5 Å². The van der Waals surface area contributed by atoms with E-state index in [9.17, 15) is 14.4 Å². The predicted octanol–water partition coefficient (Wildman–Crippen LogP) is 3.59. The van der Waals surface area contributed by atoms with Crippen molar-refractivity contribution in [1.29, 1.82) is 0 Å². The van der Waals surface area contributed by atoms with Gasteiger partial charge in [-0.3, -0.25) is 19.3 Å². The lowest BCUT2D eigenvalue weighted by atomic mass is 9.86. The summed E-state index contributed by atoms with van der Waals surface area (Å²) in [5.74, 6) is -1.97. The van der Waals surface area contributed by atoms with Crippen LogP contribution in [0, 0.1) is 11.8 Å². The molecule has 4 aliphatic heterocycles. The molecule has 2 amide bonds. The number of Topliss-reactive ketones (excluding diaryl/α,β-unsaturated/α-hetero) is 1. The molecule has 0 unspecified atom stereocenters. The molecule has 168 valence electrons. The Bertz CT molecular complexity index is 1170. The van der Waals surface area contributed by atoms with E-state index in [0.29, 0.717) is 17.2 Å². The van der Waals surface area contributed by atoms with Crippen molar-refractivity contribution in [1.82, 2.24) is 4.90 Å². The number of amides is 2. The Morgan fingerprint density at radius 2 is 1.79 bits per heavy atom. The SMILES string of the molecule is O=C(c1ccc(Cl)cc1)[C@@H]1[C@H]2C(=O)N(C[C@@H]3CCCO3)C(=O)[C@@H]2[C@@H]2C=Cc3ccccc3N12. The van der Waals surface area contributed by atoms with E-state index in [2.05, 4.69) is 0 Å². The van der Waals surface area contributed by atoms with E-state index in [-0.39, 0.29) is 36.3 Å². The summed E-state index contributed by atoms with van der Waals surface area (Å²) < 4.78 is 5.69. The molecule has 0 saturated carbocycles. The number of anilines is 1. The summed E-state index contributed by atoms with van der Waals surface area (Å²) in [6.07, 6.45) is 5.60. The standard InChI is InChI=1S/C26H23ClN2O4/c27-17-10-7-16(8-11-17)24(30)23-22-21(20-12-9-15-4-1-2-6-19(15)29(20)23)25(31)28(26(22)32)14-18-5-3-13-33-18/h1-2,4,6-12,18,20-23H,3,5,13-14H2/t18-,20-,21+,22-,23-/m0/s1. The number of hydrogen-bond donors (Lipinski definition) is 0. The topological polar surface area (TPSA) is 66.9 Å². The number of carbonyl (C=O) groups excluding carboxylic acids is 3. The van der Waals surface area contributed by atoms with Crippen LogP contribution >= 0.6 is 11.6 Å². The third kappa shape index (κ3) is 3.15. The van der Waals surface area contributed by atoms with Crippen molar-refractivity contribution in [2.45, 2.75) is 31.0 Å². The zero-order valence-corrected chi connectivity index (χ0v) is 18.6. The Morgan fingerprint density at radius 1 is 1.03 bits per heavy atom. The third-order valence-corrected chi connectivity index (χ3v) is 7.57. The lowest BCUT2D eigenvalue weighted by Gasteiger charge is -2.36. The van der Waals surface area contributed by atoms with Crippen molar-refractivity contribution in [3.8, 4) is 0 Å². The average Bonchev–Trinajstić information content (AvgIpc) is 3.52. The second kappa shape index (κ2) is 7.82. The van der Waals surface area contributed by atoms with Crippen LogP contribution in [0.25, 0.3) is 6.08 Å². The van der Waals surface area contributed by atoms with Crippen molar-refractivity contribution in [2.24, 2.45) is 11.8 Å². The molecule has 0 aliphatic carbocycles. The molecule has 6 rings (SSSR count). The van der Waals surface area contributed by atoms with Gasteiger partial charge in [-0.05, 0) is 48.7 Å². The third-order valence-electron chi connectivity index (χ3n) is 7.31. The van der Waals surface area contributed by atoms with Crippen LogP contribution < -0.4 is 4.90 Å². The van der Waals surface area contributed by atoms with Gasteiger partial charge in [-0.15, -0.1) is 0 Å². The highest BCUT2D eigenvalue weighted by Gasteiger charge is 2.64. The molecule has 0 N–H and O–H groups in total. The summed E-state index contributed by atoms with van der Waals surface area (Å²) in [5, 5.41) is 0.537. The second-order valence-electron chi connectivity index (χ2n) is 9.11. The molecule has 0 aromatic heterocycles. The van der Waals surface area contributed by atoms with Crippen LogP contribution in [0.3, 0.4) is 0 Å². The molecule has 3 saturated heterocycles. The van der Waals surface area contributed by atoms with Crippen LogP contribution in [0.2, 0.25) is 5.02 Å². The van der Waals surface area contributed by atoms with E-state index in [1.54, 1.807) is 24.3 Å². The number of fused-ring (bicyclic) bond motifs is 5. The molecule has 6 nitrogen and oxygen atoms in total. The molecule has 7 heteroatoms. The van der Waals surface area contributed by atoms with Gasteiger partial charge in [-0.1, -0.05) is 42.0 Å². The summed E-state index contributed by atoms with van der Waals surface area (Å²) in [5.41, 5.74) is 2.32. The number of carbonyl (C=O) groups is 3. The van der Waals surface area contributed by atoms with Crippen molar-refractivity contribution in [3.05, 3.63) is 70.8 Å². The van der Waals surface area contributed by atoms with Gasteiger partial charge >= 0.3 is 0 Å². The van der Waals surface area contributed by atoms with Gasteiger partial charge in [-0.2, -0.15) is 0 Å². The number of halogens is 1. The van der Waals surface area contributed by atoms with Crippen molar-refractivity contribution in [3.63, 3.8) is 0 Å². The van der Waals surface area contributed by atoms with Gasteiger partial charge in [0.15, 0.2) is 5.78 Å². The maximum absolute atomic E-state index is 13.9. The van der Waals surface area contributed by atoms with Gasteiger partial charge in [0.1, 0.15) is 6.04 Å². The Balaban J connectivity index is 1.43. The van der Waals surface area contributed by atoms with E-state index in [1.165, 1.54) is 4.90 Å². The molecule has 5 atom stereocenters. The van der Waals surface area contributed by atoms with Gasteiger partial charge in [-0.25, -0.2) is 0 Å². The van der Waals surface area contributed by atoms with E-state index < -0.39 is 17.9 Å². The Labute approximate surface area is 196 Å². The van der Waals surface area contributed by atoms with Gasteiger partial charge < -0.3 is 9.64 Å². The highest BCUT2D eigenvalue weighted by molar-refractivity contribution is 6.30. The number of likely N-dealkylation sites (tertiary alicyclic amines) is 1. The van der Waals surface area contributed by atoms with E-state index in [4.69, 9.17) is 16.3 Å². The van der Waals surface area contributed by atoms with Crippen LogP contribution in [-0.2, 0) is 14.3 Å². The highest BCUT2D eigenvalue weighted by atomic mass is 35.5. The molecule has 0 bridgehead atoms. The van der Waals surface area contributed by atoms with Crippen molar-refractivity contribution < 1.29 is 19.1 Å². The van der Waals surface area contributed by atoms with Gasteiger partial charge in [0.2, 0.25) is 11.8 Å². The molecule has 3 fully saturated rings. The van der Waals surface area contributed by atoms with Gasteiger partial charge in [0, 0.05) is 22.9 Å². The first-order valence-electron chi connectivity index (χ1n) is 11.4. The highest BCUT2D eigenvalue weighted by Crippen LogP contribution is 2.49. The van der Waals surface area contributed by atoms with Crippen molar-refractivity contribution >= 4 is 41.0 Å². The Hall–Kier alpha value is -2.96. The molecule has 4 heterocycles. The molecule has 2 aromatic rings. The molecular formula is C26H23ClN2O4. The number of para-hydroxylation sites is 1. The number of rotatable bonds is 4. The first kappa shape index (κ1) is 20.6. The monoisotopic (exact) mass is 462 g/mol. The van der Waals surface area contributed by atoms with Crippen LogP contribution in [0.15, 0.2) is 54.6 Å². The minimum atomic E-state index is -0.766. The van der Waals surface area contributed by atoms with Crippen LogP contribution in [0.1, 0.15) is 28.8 Å². The summed E-state index contributed by atoms with van der Waals surface area (Å²) >= 11 is 6.04. The van der Waals surface area contributed by atoms with Crippen LogP contribution in [0.5, 0.6) is 0 Å². The fourth-order valence-corrected chi connectivity index (χ4v) is 5.96. The normalized spacial score (nSPS) is 29.9. The smallest absolute Gasteiger partial charge is 0.235 e. The van der Waals surface area contributed by atoms with E-state index in [1.807, 2.05) is 41.3 Å². The molecule has 2 aromatic carbocycles. The van der Waals surface area contributed by atoms with Crippen LogP contribution in [-0.4, -0.2) is 53.8 Å². The summed E-state index contributed by atoms with van der Waals surface area (Å²) in [6, 6.07) is 13.4. The first-order chi connectivity index (χ1) is 16.0. The quantitative estimate of drug-likeness (QED) is 0.513. The van der Waals surface area contributed by atoms with Gasteiger partial charge in [0.25, 0.3) is 0 Å². The lowest BCUT2D eigenvalue weighted by molar-refractivity contribution is -0.142. The number of imide groups is 1. The largest absolute Gasteiger partial charge is 0.376 e. The zero-order chi connectivity index (χ0) is 22.7. The first-order valence-corrected chi connectivity index (χ1v) is 11.7. The minimum Gasteiger partial charge on any atom is -0.376 e. The number of hydrogen-bond acceptors (Lipinski definition) is 5. The fraction of sp³-hybridized carbons (Fsp3) is 0.346. The maximum Gasteiger partial charge on any atom is 0.235 e. The van der Waals surface area contributed by atoms with Crippen molar-refractivity contribution in [2.75, 3.05) is 18.1 Å². The van der Waals surface area contributed by atoms with E-state index in [0.717, 1.165) is 24.1 Å². The lowest BCUT2D eigenvalue weighted by Crippen LogP contribution is -2.49. The molecule has 0 spiro atoms. The molecular weight excluding hydrogens is 440 g/mol. The molecule has 33 heavy (non-hydrogen) atoms. The number of ether oxygens (including phenoxy) is 1. The summed E-state index contributed by atoms with van der Waals surface area (Å²) in [4.78, 5) is 44.4. The fourth-order valence-electron chi connectivity index (χ4n) is 5.83. The number of benzene rings is 2. The Morgan fingerprint density at radius 3 is 2.55 bits per heavy atom. The average molecular weight is 463 g/mol. The molecule has 0 radical (unpaired) electrons. The number of ketones is 1. The zero-order valence-electron chi connectivity index (χ0n) is 17.9. The summed E-state index contributed by atoms with van der Waals surface area (Å²) in [6.45, 7) is 0.918. The summed E-state index contributed by atoms with van der Waals surface area (Å²) in [7, 11) is 0. The Kier molecular flexibility index (Phi) is 4.89. The van der Waals surface area contributed by atoms with Crippen LogP contribution in [0.4, 0.5) is 5.69 Å². The predicted molar refractivity (Wildman–Crippen MR) is 124 cm³/mol. The molecule has 4 aliphatic rings.